The van der Waals surface area contributed by atoms with Crippen molar-refractivity contribution in [2.75, 3.05) is 37.8 Å². The Hall–Kier alpha value is -2.85. The highest BCUT2D eigenvalue weighted by atomic mass is 16.7. The zero-order valence-electron chi connectivity index (χ0n) is 19.6. The average molecular weight is 473 g/mol. The van der Waals surface area contributed by atoms with Crippen molar-refractivity contribution in [2.24, 2.45) is 5.92 Å². The van der Waals surface area contributed by atoms with Gasteiger partial charge in [-0.3, -0.25) is 4.57 Å². The quantitative estimate of drug-likeness (QED) is 0.423. The minimum absolute atomic E-state index is 0.00372. The summed E-state index contributed by atoms with van der Waals surface area (Å²) in [7, 11) is 0. The number of hydrogen-bond acceptors (Lipinski definition) is 8. The van der Waals surface area contributed by atoms with Gasteiger partial charge in [0.15, 0.2) is 11.9 Å². The first-order valence-corrected chi connectivity index (χ1v) is 12.1. The Morgan fingerprint density at radius 3 is 2.68 bits per heavy atom. The van der Waals surface area contributed by atoms with Crippen molar-refractivity contribution in [1.82, 2.24) is 9.55 Å². The SMILES string of the molecule is C[C@]1(COc2ccc(N3CCC(COC4CCCCO4)CC3)cc2)Cn2cc([N+](=O)[O-])nc2O1. The highest BCUT2D eigenvalue weighted by Gasteiger charge is 2.41. The van der Waals surface area contributed by atoms with Crippen molar-refractivity contribution in [3.8, 4) is 11.8 Å². The summed E-state index contributed by atoms with van der Waals surface area (Å²) in [6.45, 7) is 6.33. The largest absolute Gasteiger partial charge is 0.489 e. The highest BCUT2D eigenvalue weighted by Crippen LogP contribution is 2.32. The summed E-state index contributed by atoms with van der Waals surface area (Å²) >= 11 is 0. The maximum Gasteiger partial charge on any atom is 0.415 e. The molecule has 1 unspecified atom stereocenters. The predicted molar refractivity (Wildman–Crippen MR) is 124 cm³/mol. The Bertz CT molecular complexity index is 956. The number of nitrogens with zero attached hydrogens (tertiary/aromatic N) is 4. The van der Waals surface area contributed by atoms with Crippen LogP contribution < -0.4 is 14.4 Å². The van der Waals surface area contributed by atoms with E-state index in [-0.39, 0.29) is 18.1 Å². The van der Waals surface area contributed by atoms with Crippen molar-refractivity contribution in [3.63, 3.8) is 0 Å². The number of fused-ring (bicyclic) bond motifs is 1. The summed E-state index contributed by atoms with van der Waals surface area (Å²) < 4.78 is 25.1. The molecule has 10 heteroatoms. The lowest BCUT2D eigenvalue weighted by Crippen LogP contribution is -2.38. The van der Waals surface area contributed by atoms with Crippen LogP contribution >= 0.6 is 0 Å². The zero-order chi connectivity index (χ0) is 23.5. The molecule has 2 fully saturated rings. The molecule has 2 aromatic rings. The van der Waals surface area contributed by atoms with Crippen LogP contribution in [0.3, 0.4) is 0 Å². The van der Waals surface area contributed by atoms with Gasteiger partial charge in [-0.25, -0.2) is 0 Å². The second kappa shape index (κ2) is 9.79. The van der Waals surface area contributed by atoms with E-state index in [1.54, 1.807) is 4.57 Å². The number of benzene rings is 1. The van der Waals surface area contributed by atoms with Crippen LogP contribution in [0.15, 0.2) is 30.5 Å². The standard InChI is InChI=1S/C24H32N4O6/c1-24(16-27-14-21(28(29)30)25-23(27)34-24)17-33-20-7-5-19(6-8-20)26-11-9-18(10-12-26)15-32-22-4-2-3-13-31-22/h5-8,14,18,22H,2-4,9-13,15-17H2,1H3/t22?,24-/m1/s1. The van der Waals surface area contributed by atoms with Crippen molar-refractivity contribution in [3.05, 3.63) is 40.6 Å². The summed E-state index contributed by atoms with van der Waals surface area (Å²) in [6, 6.07) is 8.40. The van der Waals surface area contributed by atoms with E-state index in [0.29, 0.717) is 19.1 Å². The van der Waals surface area contributed by atoms with Gasteiger partial charge in [-0.2, -0.15) is 0 Å². The van der Waals surface area contributed by atoms with Gasteiger partial charge in [0.05, 0.1) is 13.2 Å². The van der Waals surface area contributed by atoms with Gasteiger partial charge < -0.3 is 34.0 Å². The van der Waals surface area contributed by atoms with Gasteiger partial charge in [0, 0.05) is 30.4 Å². The molecule has 34 heavy (non-hydrogen) atoms. The number of ether oxygens (including phenoxy) is 4. The number of hydrogen-bond donors (Lipinski definition) is 0. The van der Waals surface area contributed by atoms with E-state index in [2.05, 4.69) is 22.0 Å². The van der Waals surface area contributed by atoms with E-state index in [1.165, 1.54) is 18.3 Å². The molecule has 4 heterocycles. The fraction of sp³-hybridized carbons (Fsp3) is 0.625. The Kier molecular flexibility index (Phi) is 6.60. The van der Waals surface area contributed by atoms with Gasteiger partial charge in [0.1, 0.15) is 18.6 Å². The minimum atomic E-state index is -0.622. The number of anilines is 1. The third-order valence-corrected chi connectivity index (χ3v) is 6.77. The molecule has 0 spiro atoms. The number of aromatic nitrogens is 2. The number of nitro groups is 1. The number of imidazole rings is 1. The molecule has 1 aromatic heterocycles. The maximum atomic E-state index is 10.9. The molecule has 5 rings (SSSR count). The maximum absolute atomic E-state index is 10.9. The molecule has 3 aliphatic heterocycles. The third kappa shape index (κ3) is 5.28. The first-order chi connectivity index (χ1) is 16.5. The smallest absolute Gasteiger partial charge is 0.415 e. The molecule has 0 radical (unpaired) electrons. The van der Waals surface area contributed by atoms with E-state index in [9.17, 15) is 10.1 Å². The van der Waals surface area contributed by atoms with Crippen LogP contribution in [0.5, 0.6) is 11.8 Å². The highest BCUT2D eigenvalue weighted by molar-refractivity contribution is 5.49. The van der Waals surface area contributed by atoms with Crippen LogP contribution in [-0.2, 0) is 16.0 Å². The lowest BCUT2D eigenvalue weighted by atomic mass is 9.97. The number of piperidine rings is 1. The molecule has 184 valence electrons. The molecule has 10 nitrogen and oxygen atoms in total. The zero-order valence-corrected chi connectivity index (χ0v) is 19.6. The Labute approximate surface area is 198 Å². The van der Waals surface area contributed by atoms with Crippen molar-refractivity contribution < 1.29 is 23.9 Å². The molecular formula is C24H32N4O6. The second-order valence-electron chi connectivity index (χ2n) is 9.66. The lowest BCUT2D eigenvalue weighted by Gasteiger charge is -2.34. The van der Waals surface area contributed by atoms with Crippen LogP contribution in [0, 0.1) is 16.0 Å². The van der Waals surface area contributed by atoms with E-state index in [4.69, 9.17) is 18.9 Å². The van der Waals surface area contributed by atoms with Crippen molar-refractivity contribution in [2.45, 2.75) is 57.5 Å². The summed E-state index contributed by atoms with van der Waals surface area (Å²) in [4.78, 5) is 16.7. The van der Waals surface area contributed by atoms with E-state index >= 15 is 0 Å². The number of rotatable bonds is 8. The predicted octanol–water partition coefficient (Wildman–Crippen LogP) is 3.78. The van der Waals surface area contributed by atoms with E-state index in [1.807, 2.05) is 19.1 Å². The molecule has 2 saturated heterocycles. The molecule has 2 atom stereocenters. The first-order valence-electron chi connectivity index (χ1n) is 12.1. The van der Waals surface area contributed by atoms with Crippen LogP contribution in [0.4, 0.5) is 11.5 Å². The van der Waals surface area contributed by atoms with Gasteiger partial charge in [0.25, 0.3) is 0 Å². The fourth-order valence-corrected chi connectivity index (χ4v) is 4.79. The summed E-state index contributed by atoms with van der Waals surface area (Å²) in [6.07, 6.45) is 7.00. The van der Waals surface area contributed by atoms with Crippen molar-refractivity contribution >= 4 is 11.5 Å². The normalized spacial score (nSPS) is 25.1. The average Bonchev–Trinajstić information content (AvgIpc) is 3.39. The van der Waals surface area contributed by atoms with Gasteiger partial charge in [-0.15, -0.1) is 0 Å². The van der Waals surface area contributed by atoms with Crippen LogP contribution in [0.2, 0.25) is 0 Å². The molecule has 3 aliphatic rings. The third-order valence-electron chi connectivity index (χ3n) is 6.77. The van der Waals surface area contributed by atoms with Crippen LogP contribution in [-0.4, -0.2) is 59.3 Å². The molecule has 0 N–H and O–H groups in total. The monoisotopic (exact) mass is 472 g/mol. The van der Waals surface area contributed by atoms with Gasteiger partial charge in [-0.1, -0.05) is 0 Å². The summed E-state index contributed by atoms with van der Waals surface area (Å²) in [5.41, 5.74) is 0.570. The Morgan fingerprint density at radius 2 is 2.00 bits per heavy atom. The van der Waals surface area contributed by atoms with E-state index < -0.39 is 10.5 Å². The lowest BCUT2D eigenvalue weighted by molar-refractivity contribution is -0.389. The summed E-state index contributed by atoms with van der Waals surface area (Å²) in [5, 5.41) is 10.9. The molecule has 0 amide bonds. The topological polar surface area (TPSA) is 101 Å². The van der Waals surface area contributed by atoms with Crippen LogP contribution in [0.25, 0.3) is 0 Å². The van der Waals surface area contributed by atoms with E-state index in [0.717, 1.165) is 57.7 Å². The first kappa shape index (κ1) is 22.9. The van der Waals surface area contributed by atoms with Crippen molar-refractivity contribution in [1.29, 1.82) is 0 Å². The molecule has 1 aromatic carbocycles. The van der Waals surface area contributed by atoms with Gasteiger partial charge in [0.2, 0.25) is 0 Å². The Balaban J connectivity index is 1.06. The second-order valence-corrected chi connectivity index (χ2v) is 9.66. The Morgan fingerprint density at radius 1 is 1.21 bits per heavy atom. The molecule has 0 bridgehead atoms. The summed E-state index contributed by atoms with van der Waals surface area (Å²) in [5.74, 6) is 1.15. The fourth-order valence-electron chi connectivity index (χ4n) is 4.79. The molecule has 0 aliphatic carbocycles. The molecular weight excluding hydrogens is 440 g/mol. The molecule has 0 saturated carbocycles. The van der Waals surface area contributed by atoms with Gasteiger partial charge >= 0.3 is 11.8 Å². The van der Waals surface area contributed by atoms with Crippen LogP contribution in [0.1, 0.15) is 39.0 Å². The van der Waals surface area contributed by atoms with Gasteiger partial charge in [-0.05, 0) is 74.1 Å². The minimum Gasteiger partial charge on any atom is -0.489 e.